The van der Waals surface area contributed by atoms with Crippen molar-refractivity contribution in [1.29, 1.82) is 0 Å². The van der Waals surface area contributed by atoms with Crippen LogP contribution in [0.25, 0.3) is 0 Å². The van der Waals surface area contributed by atoms with Crippen LogP contribution in [-0.4, -0.2) is 36.7 Å². The summed E-state index contributed by atoms with van der Waals surface area (Å²) < 4.78 is 16.2. The fourth-order valence-corrected chi connectivity index (χ4v) is 2.95. The lowest BCUT2D eigenvalue weighted by Gasteiger charge is -2.28. The fourth-order valence-electron chi connectivity index (χ4n) is 2.95. The predicted octanol–water partition coefficient (Wildman–Crippen LogP) is 2.97. The van der Waals surface area contributed by atoms with Crippen molar-refractivity contribution < 1.29 is 28.7 Å². The first kappa shape index (κ1) is 22.0. The van der Waals surface area contributed by atoms with E-state index in [0.717, 1.165) is 0 Å². The highest BCUT2D eigenvalue weighted by Gasteiger charge is 2.35. The zero-order valence-electron chi connectivity index (χ0n) is 16.9. The minimum atomic E-state index is -0.944. The smallest absolute Gasteiger partial charge is 0.338 e. The number of allylic oxidation sites excluding steroid dienone is 1. The summed E-state index contributed by atoms with van der Waals surface area (Å²) in [6, 6.07) is 1.33. The number of carbonyl (C=O) groups excluding carboxylic acids is 2. The molecule has 0 spiro atoms. The summed E-state index contributed by atoms with van der Waals surface area (Å²) >= 11 is 0. The summed E-state index contributed by atoms with van der Waals surface area (Å²) in [5.41, 5.74) is 0.462. The van der Waals surface area contributed by atoms with Gasteiger partial charge in [-0.25, -0.2) is 9.59 Å². The molecule has 10 nitrogen and oxygen atoms in total. The molecule has 0 aromatic heterocycles. The number of nitro groups is 1. The third-order valence-corrected chi connectivity index (χ3v) is 4.10. The fraction of sp³-hybridized carbons (Fsp3) is 0.474. The third kappa shape index (κ3) is 4.95. The van der Waals surface area contributed by atoms with Gasteiger partial charge in [0.15, 0.2) is 5.75 Å². The molecular weight excluding hydrogens is 382 g/mol. The van der Waals surface area contributed by atoms with E-state index in [0.29, 0.717) is 17.7 Å². The SMILES string of the molecule is CCCOc1c(OCC)cc(C2NC(=O)NC(C)=C2C(=O)OCC)cc1[N+](=O)[O-]. The molecule has 1 unspecified atom stereocenters. The second kappa shape index (κ2) is 9.76. The van der Waals surface area contributed by atoms with Crippen LogP contribution in [0, 0.1) is 10.1 Å². The van der Waals surface area contributed by atoms with Gasteiger partial charge in [-0.05, 0) is 38.8 Å². The number of hydrogen-bond acceptors (Lipinski definition) is 7. The standard InChI is InChI=1S/C19H25N3O7/c1-5-8-29-17-13(22(25)26)9-12(10-14(17)27-6-2)16-15(18(23)28-7-3)11(4)20-19(24)21-16/h9-10,16H,5-8H2,1-4H3,(H2,20,21,24). The molecule has 1 aromatic rings. The molecule has 1 heterocycles. The highest BCUT2D eigenvalue weighted by atomic mass is 16.6. The highest BCUT2D eigenvalue weighted by molar-refractivity contribution is 5.95. The van der Waals surface area contributed by atoms with E-state index in [1.807, 2.05) is 6.92 Å². The summed E-state index contributed by atoms with van der Waals surface area (Å²) in [6.45, 7) is 7.51. The van der Waals surface area contributed by atoms with Crippen LogP contribution in [0.2, 0.25) is 0 Å². The van der Waals surface area contributed by atoms with Gasteiger partial charge in [0.05, 0.1) is 36.4 Å². The summed E-state index contributed by atoms with van der Waals surface area (Å²) in [5.74, 6) is -0.450. The number of carbonyl (C=O) groups is 2. The van der Waals surface area contributed by atoms with Crippen LogP contribution < -0.4 is 20.1 Å². The Morgan fingerprint density at radius 1 is 1.21 bits per heavy atom. The Kier molecular flexibility index (Phi) is 7.40. The van der Waals surface area contributed by atoms with E-state index >= 15 is 0 Å². The van der Waals surface area contributed by atoms with Crippen molar-refractivity contribution in [3.8, 4) is 11.5 Å². The minimum absolute atomic E-state index is 0.0149. The van der Waals surface area contributed by atoms with Gasteiger partial charge in [0.25, 0.3) is 0 Å². The second-order valence-corrected chi connectivity index (χ2v) is 6.20. The third-order valence-electron chi connectivity index (χ3n) is 4.10. The van der Waals surface area contributed by atoms with Gasteiger partial charge < -0.3 is 24.8 Å². The molecule has 0 bridgehead atoms. The first-order valence-corrected chi connectivity index (χ1v) is 9.37. The molecule has 29 heavy (non-hydrogen) atoms. The van der Waals surface area contributed by atoms with Crippen molar-refractivity contribution in [2.45, 2.75) is 40.2 Å². The summed E-state index contributed by atoms with van der Waals surface area (Å²) in [6.07, 6.45) is 0.657. The van der Waals surface area contributed by atoms with Crippen molar-refractivity contribution in [2.75, 3.05) is 19.8 Å². The lowest BCUT2D eigenvalue weighted by atomic mass is 9.94. The Morgan fingerprint density at radius 2 is 1.93 bits per heavy atom. The molecule has 1 aromatic carbocycles. The number of amides is 2. The number of nitrogens with one attached hydrogen (secondary N) is 2. The number of hydrogen-bond donors (Lipinski definition) is 2. The lowest BCUT2D eigenvalue weighted by molar-refractivity contribution is -0.386. The molecule has 0 radical (unpaired) electrons. The molecule has 10 heteroatoms. The number of nitrogens with zero attached hydrogens (tertiary/aromatic N) is 1. The second-order valence-electron chi connectivity index (χ2n) is 6.20. The van der Waals surface area contributed by atoms with Crippen molar-refractivity contribution >= 4 is 17.7 Å². The van der Waals surface area contributed by atoms with Gasteiger partial charge in [-0.1, -0.05) is 6.92 Å². The number of ether oxygens (including phenoxy) is 3. The monoisotopic (exact) mass is 407 g/mol. The largest absolute Gasteiger partial charge is 0.490 e. The van der Waals surface area contributed by atoms with E-state index in [-0.39, 0.29) is 42.6 Å². The van der Waals surface area contributed by atoms with Gasteiger partial charge in [0.1, 0.15) is 0 Å². The number of urea groups is 1. The van der Waals surface area contributed by atoms with Crippen LogP contribution in [0.1, 0.15) is 45.7 Å². The molecule has 1 aliphatic rings. The van der Waals surface area contributed by atoms with Gasteiger partial charge in [-0.2, -0.15) is 0 Å². The topological polar surface area (TPSA) is 129 Å². The van der Waals surface area contributed by atoms with Gasteiger partial charge >= 0.3 is 17.7 Å². The van der Waals surface area contributed by atoms with Crippen molar-refractivity contribution in [3.63, 3.8) is 0 Å². The molecular formula is C19H25N3O7. The Balaban J connectivity index is 2.64. The van der Waals surface area contributed by atoms with Gasteiger partial charge in [0, 0.05) is 11.8 Å². The van der Waals surface area contributed by atoms with Crippen LogP contribution in [0.5, 0.6) is 11.5 Å². The molecule has 2 N–H and O–H groups in total. The van der Waals surface area contributed by atoms with Crippen molar-refractivity contribution in [2.24, 2.45) is 0 Å². The average Bonchev–Trinajstić information content (AvgIpc) is 2.66. The van der Waals surface area contributed by atoms with Gasteiger partial charge in [-0.3, -0.25) is 10.1 Å². The van der Waals surface area contributed by atoms with Gasteiger partial charge in [0.2, 0.25) is 5.75 Å². The zero-order chi connectivity index (χ0) is 21.6. The summed E-state index contributed by atoms with van der Waals surface area (Å²) in [5, 5.41) is 16.8. The van der Waals surface area contributed by atoms with E-state index in [2.05, 4.69) is 10.6 Å². The summed E-state index contributed by atoms with van der Waals surface area (Å²) in [4.78, 5) is 35.6. The van der Waals surface area contributed by atoms with E-state index in [9.17, 15) is 19.7 Å². The first-order valence-electron chi connectivity index (χ1n) is 9.37. The molecule has 1 atom stereocenters. The predicted molar refractivity (Wildman–Crippen MR) is 104 cm³/mol. The molecule has 158 valence electrons. The van der Waals surface area contributed by atoms with Crippen LogP contribution in [0.15, 0.2) is 23.4 Å². The average molecular weight is 407 g/mol. The Hall–Kier alpha value is -3.30. The maximum absolute atomic E-state index is 12.5. The van der Waals surface area contributed by atoms with E-state index in [4.69, 9.17) is 14.2 Å². The molecule has 0 saturated heterocycles. The zero-order valence-corrected chi connectivity index (χ0v) is 16.9. The van der Waals surface area contributed by atoms with Crippen LogP contribution in [0.3, 0.4) is 0 Å². The Labute approximate surface area is 168 Å². The van der Waals surface area contributed by atoms with Crippen LogP contribution in [0.4, 0.5) is 10.5 Å². The molecule has 1 aliphatic heterocycles. The quantitative estimate of drug-likeness (QED) is 0.366. The van der Waals surface area contributed by atoms with Crippen LogP contribution in [-0.2, 0) is 9.53 Å². The molecule has 2 amide bonds. The van der Waals surface area contributed by atoms with Crippen molar-refractivity contribution in [3.05, 3.63) is 39.1 Å². The number of nitro benzene ring substituents is 1. The Bertz CT molecular complexity index is 835. The van der Waals surface area contributed by atoms with Gasteiger partial charge in [-0.15, -0.1) is 0 Å². The lowest BCUT2D eigenvalue weighted by Crippen LogP contribution is -2.45. The van der Waals surface area contributed by atoms with E-state index in [1.54, 1.807) is 20.8 Å². The molecule has 0 fully saturated rings. The molecule has 0 aliphatic carbocycles. The van der Waals surface area contributed by atoms with E-state index < -0.39 is 23.0 Å². The molecule has 0 saturated carbocycles. The van der Waals surface area contributed by atoms with Crippen LogP contribution >= 0.6 is 0 Å². The normalized spacial score (nSPS) is 16.0. The number of esters is 1. The number of rotatable bonds is 9. The maximum atomic E-state index is 12.5. The Morgan fingerprint density at radius 3 is 2.52 bits per heavy atom. The maximum Gasteiger partial charge on any atom is 0.338 e. The molecule has 2 rings (SSSR count). The minimum Gasteiger partial charge on any atom is -0.490 e. The van der Waals surface area contributed by atoms with Crippen molar-refractivity contribution in [1.82, 2.24) is 10.6 Å². The summed E-state index contributed by atoms with van der Waals surface area (Å²) in [7, 11) is 0. The first-order chi connectivity index (χ1) is 13.8. The van der Waals surface area contributed by atoms with E-state index in [1.165, 1.54) is 12.1 Å². The highest BCUT2D eigenvalue weighted by Crippen LogP contribution is 2.42. The number of benzene rings is 1.